The minimum atomic E-state index is -0.221. The fourth-order valence-corrected chi connectivity index (χ4v) is 2.06. The van der Waals surface area contributed by atoms with Gasteiger partial charge in [0.05, 0.1) is 13.2 Å². The first-order chi connectivity index (χ1) is 11.4. The van der Waals surface area contributed by atoms with E-state index in [1.165, 1.54) is 12.5 Å². The number of benzene rings is 1. The molecular weight excluding hydrogens is 306 g/mol. The maximum absolute atomic E-state index is 11.1. The zero-order valence-electron chi connectivity index (χ0n) is 14.5. The second kappa shape index (κ2) is 8.35. The average molecular weight is 329 g/mol. The van der Waals surface area contributed by atoms with E-state index >= 15 is 0 Å². The van der Waals surface area contributed by atoms with Gasteiger partial charge in [0.25, 0.3) is 0 Å². The van der Waals surface area contributed by atoms with Crippen LogP contribution in [0.15, 0.2) is 24.3 Å². The first-order valence-corrected chi connectivity index (χ1v) is 7.82. The molecule has 2 rings (SSSR count). The van der Waals surface area contributed by atoms with Crippen molar-refractivity contribution < 1.29 is 9.53 Å². The van der Waals surface area contributed by atoms with Gasteiger partial charge < -0.3 is 10.1 Å². The number of aryl methyl sites for hydroxylation is 2. The molecule has 1 aromatic heterocycles. The van der Waals surface area contributed by atoms with E-state index in [4.69, 9.17) is 4.74 Å². The number of amides is 1. The van der Waals surface area contributed by atoms with E-state index < -0.39 is 0 Å². The summed E-state index contributed by atoms with van der Waals surface area (Å²) >= 11 is 0. The summed E-state index contributed by atoms with van der Waals surface area (Å²) in [5.41, 5.74) is 2.37. The topological polar surface area (TPSA) is 89.0 Å². The molecule has 1 aromatic carbocycles. The number of rotatable bonds is 7. The van der Waals surface area contributed by atoms with Crippen LogP contribution in [0.3, 0.4) is 0 Å². The van der Waals surface area contributed by atoms with Crippen LogP contribution in [0.1, 0.15) is 30.8 Å². The van der Waals surface area contributed by atoms with Crippen LogP contribution in [0.5, 0.6) is 0 Å². The lowest BCUT2D eigenvalue weighted by Crippen LogP contribution is -2.24. The summed E-state index contributed by atoms with van der Waals surface area (Å²) in [5.74, 6) is 0.966. The standard InChI is InChI=1S/C17H23N5O2/c1-11-5-7-15(8-6-11)10-24-9-12(2)18-16-19-13(3)20-17(22-16)21-14(4)23/h5-8,12H,9-10H2,1-4H3,(H2,18,19,20,21,22,23). The molecule has 0 saturated heterocycles. The first kappa shape index (κ1) is 17.8. The highest BCUT2D eigenvalue weighted by atomic mass is 16.5. The molecule has 0 fully saturated rings. The molecule has 2 N–H and O–H groups in total. The van der Waals surface area contributed by atoms with Gasteiger partial charge in [0.1, 0.15) is 5.82 Å². The lowest BCUT2D eigenvalue weighted by Gasteiger charge is -2.15. The van der Waals surface area contributed by atoms with Gasteiger partial charge in [-0.3, -0.25) is 10.1 Å². The molecule has 0 saturated carbocycles. The Bertz CT molecular complexity index is 688. The van der Waals surface area contributed by atoms with Crippen molar-refractivity contribution in [1.82, 2.24) is 15.0 Å². The average Bonchev–Trinajstić information content (AvgIpc) is 2.48. The molecule has 0 aliphatic rings. The number of anilines is 2. The molecule has 1 unspecified atom stereocenters. The number of aromatic nitrogens is 3. The summed E-state index contributed by atoms with van der Waals surface area (Å²) in [6, 6.07) is 8.27. The molecule has 128 valence electrons. The fourth-order valence-electron chi connectivity index (χ4n) is 2.06. The molecule has 24 heavy (non-hydrogen) atoms. The van der Waals surface area contributed by atoms with Crippen molar-refractivity contribution in [3.63, 3.8) is 0 Å². The molecule has 0 bridgehead atoms. The maximum atomic E-state index is 11.1. The Balaban J connectivity index is 1.85. The molecule has 1 amide bonds. The van der Waals surface area contributed by atoms with Gasteiger partial charge in [-0.1, -0.05) is 29.8 Å². The maximum Gasteiger partial charge on any atom is 0.234 e. The van der Waals surface area contributed by atoms with Crippen LogP contribution in [-0.2, 0) is 16.1 Å². The van der Waals surface area contributed by atoms with Gasteiger partial charge in [-0.15, -0.1) is 0 Å². The van der Waals surface area contributed by atoms with Crippen LogP contribution in [0, 0.1) is 13.8 Å². The van der Waals surface area contributed by atoms with E-state index in [0.717, 1.165) is 5.56 Å². The summed E-state index contributed by atoms with van der Waals surface area (Å²) in [4.78, 5) is 23.6. The van der Waals surface area contributed by atoms with E-state index in [-0.39, 0.29) is 17.9 Å². The summed E-state index contributed by atoms with van der Waals surface area (Å²) < 4.78 is 5.72. The fraction of sp³-hybridized carbons (Fsp3) is 0.412. The quantitative estimate of drug-likeness (QED) is 0.811. The Labute approximate surface area is 141 Å². The highest BCUT2D eigenvalue weighted by Gasteiger charge is 2.08. The third kappa shape index (κ3) is 5.92. The summed E-state index contributed by atoms with van der Waals surface area (Å²) in [7, 11) is 0. The lowest BCUT2D eigenvalue weighted by atomic mass is 10.2. The number of carbonyl (C=O) groups is 1. The zero-order valence-corrected chi connectivity index (χ0v) is 14.5. The lowest BCUT2D eigenvalue weighted by molar-refractivity contribution is -0.114. The predicted octanol–water partition coefficient (Wildman–Crippen LogP) is 2.46. The Morgan fingerprint density at radius 1 is 1.12 bits per heavy atom. The third-order valence-electron chi connectivity index (χ3n) is 3.17. The van der Waals surface area contributed by atoms with Gasteiger partial charge in [0, 0.05) is 13.0 Å². The minimum absolute atomic E-state index is 0.0161. The van der Waals surface area contributed by atoms with E-state index in [0.29, 0.717) is 25.0 Å². The largest absolute Gasteiger partial charge is 0.375 e. The van der Waals surface area contributed by atoms with E-state index in [2.05, 4.69) is 56.8 Å². The number of hydrogen-bond acceptors (Lipinski definition) is 6. The summed E-state index contributed by atoms with van der Waals surface area (Å²) in [5, 5.41) is 5.71. The van der Waals surface area contributed by atoms with Crippen molar-refractivity contribution in [2.75, 3.05) is 17.2 Å². The Kier molecular flexibility index (Phi) is 6.20. The van der Waals surface area contributed by atoms with Crippen LogP contribution < -0.4 is 10.6 Å². The Hall–Kier alpha value is -2.54. The Morgan fingerprint density at radius 2 is 1.79 bits per heavy atom. The van der Waals surface area contributed by atoms with Crippen molar-refractivity contribution in [3.8, 4) is 0 Å². The second-order valence-electron chi connectivity index (χ2n) is 5.76. The highest BCUT2D eigenvalue weighted by Crippen LogP contribution is 2.08. The van der Waals surface area contributed by atoms with Gasteiger partial charge in [0.15, 0.2) is 0 Å². The second-order valence-corrected chi connectivity index (χ2v) is 5.76. The number of nitrogens with zero attached hydrogens (tertiary/aromatic N) is 3. The van der Waals surface area contributed by atoms with Crippen LogP contribution in [0.4, 0.5) is 11.9 Å². The first-order valence-electron chi connectivity index (χ1n) is 7.82. The van der Waals surface area contributed by atoms with Gasteiger partial charge >= 0.3 is 0 Å². The van der Waals surface area contributed by atoms with Gasteiger partial charge in [-0.2, -0.15) is 15.0 Å². The molecular formula is C17H23N5O2. The monoisotopic (exact) mass is 329 g/mol. The molecule has 1 atom stereocenters. The van der Waals surface area contributed by atoms with Crippen LogP contribution in [-0.4, -0.2) is 33.5 Å². The molecule has 2 aromatic rings. The van der Waals surface area contributed by atoms with Gasteiger partial charge in [-0.25, -0.2) is 0 Å². The highest BCUT2D eigenvalue weighted by molar-refractivity contribution is 5.86. The number of carbonyl (C=O) groups excluding carboxylic acids is 1. The van der Waals surface area contributed by atoms with Crippen molar-refractivity contribution >= 4 is 17.8 Å². The van der Waals surface area contributed by atoms with Crippen LogP contribution >= 0.6 is 0 Å². The van der Waals surface area contributed by atoms with Crippen LogP contribution in [0.2, 0.25) is 0 Å². The predicted molar refractivity (Wildman–Crippen MR) is 92.8 cm³/mol. The molecule has 7 heteroatoms. The van der Waals surface area contributed by atoms with E-state index in [9.17, 15) is 4.79 Å². The van der Waals surface area contributed by atoms with Gasteiger partial charge in [0.2, 0.25) is 17.8 Å². The van der Waals surface area contributed by atoms with Crippen molar-refractivity contribution in [1.29, 1.82) is 0 Å². The number of nitrogens with one attached hydrogen (secondary N) is 2. The van der Waals surface area contributed by atoms with Crippen molar-refractivity contribution in [2.45, 2.75) is 40.3 Å². The molecule has 0 radical (unpaired) electrons. The summed E-state index contributed by atoms with van der Waals surface area (Å²) in [6.45, 7) is 8.26. The summed E-state index contributed by atoms with van der Waals surface area (Å²) in [6.07, 6.45) is 0. The molecule has 0 aliphatic carbocycles. The minimum Gasteiger partial charge on any atom is -0.375 e. The number of ether oxygens (including phenoxy) is 1. The molecule has 7 nitrogen and oxygen atoms in total. The smallest absolute Gasteiger partial charge is 0.234 e. The van der Waals surface area contributed by atoms with Crippen molar-refractivity contribution in [3.05, 3.63) is 41.2 Å². The molecule has 0 aliphatic heterocycles. The van der Waals surface area contributed by atoms with E-state index in [1.54, 1.807) is 6.92 Å². The normalized spacial score (nSPS) is 11.8. The van der Waals surface area contributed by atoms with E-state index in [1.807, 2.05) is 6.92 Å². The molecule has 1 heterocycles. The van der Waals surface area contributed by atoms with Crippen LogP contribution in [0.25, 0.3) is 0 Å². The van der Waals surface area contributed by atoms with Crippen molar-refractivity contribution in [2.24, 2.45) is 0 Å². The Morgan fingerprint density at radius 3 is 2.46 bits per heavy atom. The third-order valence-corrected chi connectivity index (χ3v) is 3.17. The zero-order chi connectivity index (χ0) is 17.5. The molecule has 0 spiro atoms. The number of hydrogen-bond donors (Lipinski definition) is 2. The SMILES string of the molecule is CC(=O)Nc1nc(C)nc(NC(C)COCc2ccc(C)cc2)n1. The van der Waals surface area contributed by atoms with Gasteiger partial charge in [-0.05, 0) is 26.3 Å².